The number of nitrogens with two attached hydrogens (primary N) is 1. The van der Waals surface area contributed by atoms with Crippen LogP contribution in [0, 0.1) is 0 Å². The molecule has 1 saturated heterocycles. The van der Waals surface area contributed by atoms with Crippen molar-refractivity contribution in [2.24, 2.45) is 5.73 Å². The molecule has 1 aromatic heterocycles. The summed E-state index contributed by atoms with van der Waals surface area (Å²) in [6.07, 6.45) is 3.41. The molecule has 0 spiro atoms. The van der Waals surface area contributed by atoms with Crippen LogP contribution < -0.4 is 11.1 Å². The Morgan fingerprint density at radius 1 is 1.61 bits per heavy atom. The van der Waals surface area contributed by atoms with Gasteiger partial charge >= 0.3 is 0 Å². The molecule has 100 valence electrons. The van der Waals surface area contributed by atoms with Gasteiger partial charge in [0.2, 0.25) is 5.91 Å². The monoisotopic (exact) mass is 251 g/mol. The molecule has 6 heteroatoms. The highest BCUT2D eigenvalue weighted by Crippen LogP contribution is 2.21. The van der Waals surface area contributed by atoms with Gasteiger partial charge in [-0.1, -0.05) is 13.3 Å². The molecule has 2 heterocycles. The molecule has 1 atom stereocenters. The maximum absolute atomic E-state index is 10.9. The average Bonchev–Trinajstić information content (AvgIpc) is 2.93. The SMILES string of the molecule is CCCCn1nc(CC(N)=O)nc1[C@H]1CCNC1. The molecule has 0 unspecified atom stereocenters. The first kappa shape index (κ1) is 13.0. The fraction of sp³-hybridized carbons (Fsp3) is 0.750. The Hall–Kier alpha value is -1.43. The van der Waals surface area contributed by atoms with Gasteiger partial charge in [-0.2, -0.15) is 5.10 Å². The van der Waals surface area contributed by atoms with E-state index in [0.29, 0.717) is 11.7 Å². The molecule has 2 rings (SSSR count). The topological polar surface area (TPSA) is 85.8 Å². The molecule has 0 aliphatic carbocycles. The van der Waals surface area contributed by atoms with Gasteiger partial charge in [0.1, 0.15) is 5.82 Å². The maximum Gasteiger partial charge on any atom is 0.225 e. The van der Waals surface area contributed by atoms with Crippen molar-refractivity contribution < 1.29 is 4.79 Å². The number of hydrogen-bond acceptors (Lipinski definition) is 4. The lowest BCUT2D eigenvalue weighted by Crippen LogP contribution is -2.14. The molecule has 0 radical (unpaired) electrons. The third kappa shape index (κ3) is 3.07. The first-order valence-corrected chi connectivity index (χ1v) is 6.63. The maximum atomic E-state index is 10.9. The fourth-order valence-electron chi connectivity index (χ4n) is 2.28. The minimum atomic E-state index is -0.376. The Bertz CT molecular complexity index is 409. The summed E-state index contributed by atoms with van der Waals surface area (Å²) in [6.45, 7) is 4.99. The van der Waals surface area contributed by atoms with Gasteiger partial charge in [-0.3, -0.25) is 4.79 Å². The van der Waals surface area contributed by atoms with E-state index in [2.05, 4.69) is 22.3 Å². The van der Waals surface area contributed by atoms with Gasteiger partial charge in [-0.05, 0) is 19.4 Å². The second kappa shape index (κ2) is 5.95. The number of nitrogens with one attached hydrogen (secondary N) is 1. The summed E-state index contributed by atoms with van der Waals surface area (Å²) in [7, 11) is 0. The summed E-state index contributed by atoms with van der Waals surface area (Å²) in [6, 6.07) is 0. The summed E-state index contributed by atoms with van der Waals surface area (Å²) >= 11 is 0. The summed E-state index contributed by atoms with van der Waals surface area (Å²) in [5.41, 5.74) is 5.20. The van der Waals surface area contributed by atoms with Crippen molar-refractivity contribution in [2.45, 2.75) is 45.1 Å². The standard InChI is InChI=1S/C12H21N5O/c1-2-3-6-17-12(9-4-5-14-8-9)15-11(16-17)7-10(13)18/h9,14H,2-8H2,1H3,(H2,13,18)/t9-/m0/s1. The van der Waals surface area contributed by atoms with Gasteiger partial charge in [0.15, 0.2) is 5.82 Å². The number of unbranched alkanes of at least 4 members (excludes halogenated alkanes) is 1. The molecule has 1 aromatic rings. The zero-order valence-electron chi connectivity index (χ0n) is 10.9. The largest absolute Gasteiger partial charge is 0.369 e. The van der Waals surface area contributed by atoms with E-state index in [4.69, 9.17) is 5.73 Å². The number of hydrogen-bond donors (Lipinski definition) is 2. The van der Waals surface area contributed by atoms with Crippen LogP contribution in [-0.4, -0.2) is 33.8 Å². The van der Waals surface area contributed by atoms with Crippen LogP contribution in [0.15, 0.2) is 0 Å². The molecular formula is C12H21N5O. The molecule has 18 heavy (non-hydrogen) atoms. The van der Waals surface area contributed by atoms with Crippen LogP contribution in [-0.2, 0) is 17.8 Å². The van der Waals surface area contributed by atoms with Gasteiger partial charge in [0.05, 0.1) is 6.42 Å². The second-order valence-electron chi connectivity index (χ2n) is 4.80. The second-order valence-corrected chi connectivity index (χ2v) is 4.80. The van der Waals surface area contributed by atoms with Crippen LogP contribution in [0.5, 0.6) is 0 Å². The summed E-state index contributed by atoms with van der Waals surface area (Å²) < 4.78 is 1.96. The number of aryl methyl sites for hydroxylation is 1. The summed E-state index contributed by atoms with van der Waals surface area (Å²) in [5, 5.41) is 7.74. The van der Waals surface area contributed by atoms with E-state index in [9.17, 15) is 4.79 Å². The van der Waals surface area contributed by atoms with E-state index in [-0.39, 0.29) is 12.3 Å². The molecule has 6 nitrogen and oxygen atoms in total. The average molecular weight is 251 g/mol. The van der Waals surface area contributed by atoms with Crippen molar-refractivity contribution in [3.63, 3.8) is 0 Å². The van der Waals surface area contributed by atoms with E-state index in [1.165, 1.54) is 0 Å². The Labute approximate surface area is 107 Å². The van der Waals surface area contributed by atoms with E-state index < -0.39 is 0 Å². The van der Waals surface area contributed by atoms with E-state index in [1.807, 2.05) is 4.68 Å². The number of nitrogens with zero attached hydrogens (tertiary/aromatic N) is 3. The van der Waals surface area contributed by atoms with Crippen molar-refractivity contribution >= 4 is 5.91 Å². The molecular weight excluding hydrogens is 230 g/mol. The molecule has 1 aliphatic heterocycles. The van der Waals surface area contributed by atoms with Crippen molar-refractivity contribution in [2.75, 3.05) is 13.1 Å². The number of primary amides is 1. The van der Waals surface area contributed by atoms with Gasteiger partial charge in [0.25, 0.3) is 0 Å². The van der Waals surface area contributed by atoms with Gasteiger partial charge < -0.3 is 11.1 Å². The smallest absolute Gasteiger partial charge is 0.225 e. The minimum absolute atomic E-state index is 0.131. The van der Waals surface area contributed by atoms with Gasteiger partial charge in [-0.15, -0.1) is 0 Å². The van der Waals surface area contributed by atoms with Crippen molar-refractivity contribution in [1.29, 1.82) is 0 Å². The quantitative estimate of drug-likeness (QED) is 0.755. The van der Waals surface area contributed by atoms with Crippen molar-refractivity contribution in [3.8, 4) is 0 Å². The number of amides is 1. The lowest BCUT2D eigenvalue weighted by atomic mass is 10.1. The zero-order chi connectivity index (χ0) is 13.0. The van der Waals surface area contributed by atoms with Crippen LogP contribution in [0.3, 0.4) is 0 Å². The predicted octanol–water partition coefficient (Wildman–Crippen LogP) is 0.183. The number of carbonyl (C=O) groups is 1. The normalized spacial score (nSPS) is 19.3. The fourth-order valence-corrected chi connectivity index (χ4v) is 2.28. The van der Waals surface area contributed by atoms with Crippen LogP contribution in [0.25, 0.3) is 0 Å². The van der Waals surface area contributed by atoms with Crippen molar-refractivity contribution in [3.05, 3.63) is 11.6 Å². The summed E-state index contributed by atoms with van der Waals surface area (Å²) in [5.74, 6) is 1.60. The predicted molar refractivity (Wildman–Crippen MR) is 68.1 cm³/mol. The van der Waals surface area contributed by atoms with Crippen LogP contribution in [0.4, 0.5) is 0 Å². The highest BCUT2D eigenvalue weighted by molar-refractivity contribution is 5.75. The van der Waals surface area contributed by atoms with Crippen LogP contribution in [0.1, 0.15) is 43.8 Å². The highest BCUT2D eigenvalue weighted by Gasteiger charge is 2.23. The molecule has 0 saturated carbocycles. The first-order chi connectivity index (χ1) is 8.70. The highest BCUT2D eigenvalue weighted by atomic mass is 16.1. The van der Waals surface area contributed by atoms with Crippen molar-refractivity contribution in [1.82, 2.24) is 20.1 Å². The molecule has 0 bridgehead atoms. The number of rotatable bonds is 6. The molecule has 3 N–H and O–H groups in total. The molecule has 1 aliphatic rings. The first-order valence-electron chi connectivity index (χ1n) is 6.63. The molecule has 1 fully saturated rings. The molecule has 0 aromatic carbocycles. The third-order valence-corrected chi connectivity index (χ3v) is 3.23. The van der Waals surface area contributed by atoms with E-state index in [0.717, 1.165) is 44.7 Å². The van der Waals surface area contributed by atoms with Crippen LogP contribution >= 0.6 is 0 Å². The lowest BCUT2D eigenvalue weighted by molar-refractivity contribution is -0.117. The van der Waals surface area contributed by atoms with E-state index in [1.54, 1.807) is 0 Å². The Morgan fingerprint density at radius 2 is 2.44 bits per heavy atom. The Kier molecular flexibility index (Phi) is 4.30. The molecule has 1 amide bonds. The van der Waals surface area contributed by atoms with Crippen LogP contribution in [0.2, 0.25) is 0 Å². The number of carbonyl (C=O) groups excluding carboxylic acids is 1. The zero-order valence-corrected chi connectivity index (χ0v) is 10.9. The summed E-state index contributed by atoms with van der Waals surface area (Å²) in [4.78, 5) is 15.4. The van der Waals surface area contributed by atoms with Gasteiger partial charge in [0, 0.05) is 19.0 Å². The lowest BCUT2D eigenvalue weighted by Gasteiger charge is -2.09. The van der Waals surface area contributed by atoms with Gasteiger partial charge in [-0.25, -0.2) is 9.67 Å². The number of aromatic nitrogens is 3. The third-order valence-electron chi connectivity index (χ3n) is 3.23. The Morgan fingerprint density at radius 3 is 3.06 bits per heavy atom. The van der Waals surface area contributed by atoms with E-state index >= 15 is 0 Å². The minimum Gasteiger partial charge on any atom is -0.369 e. The Balaban J connectivity index is 2.17.